The molecular weight excluding hydrogens is 223 g/mol. The molecule has 0 saturated carbocycles. The van der Waals surface area contributed by atoms with Crippen molar-refractivity contribution in [1.82, 2.24) is 5.43 Å². The Morgan fingerprint density at radius 3 is 2.94 bits per heavy atom. The van der Waals surface area contributed by atoms with Gasteiger partial charge in [-0.1, -0.05) is 6.07 Å². The van der Waals surface area contributed by atoms with Crippen molar-refractivity contribution in [2.24, 2.45) is 11.8 Å². The van der Waals surface area contributed by atoms with Gasteiger partial charge >= 0.3 is 0 Å². The van der Waals surface area contributed by atoms with Crippen molar-refractivity contribution in [3.63, 3.8) is 0 Å². The Hall–Kier alpha value is -1.17. The standard InChI is InChI=1S/C12H17FN2O2/c1-16-11-3-2-8(6-10(11)13)12(15-14)9-4-5-17-7-9/h2-3,6,9,12,15H,4-5,7,14H2,1H3. The summed E-state index contributed by atoms with van der Waals surface area (Å²) in [5, 5.41) is 0. The number of benzene rings is 1. The van der Waals surface area contributed by atoms with E-state index in [1.165, 1.54) is 13.2 Å². The first-order chi connectivity index (χ1) is 8.26. The minimum Gasteiger partial charge on any atom is -0.494 e. The van der Waals surface area contributed by atoms with Gasteiger partial charge < -0.3 is 9.47 Å². The minimum atomic E-state index is -0.371. The fourth-order valence-corrected chi connectivity index (χ4v) is 2.20. The number of hydrogen-bond acceptors (Lipinski definition) is 4. The third kappa shape index (κ3) is 2.57. The fourth-order valence-electron chi connectivity index (χ4n) is 2.20. The fraction of sp³-hybridized carbons (Fsp3) is 0.500. The van der Waals surface area contributed by atoms with E-state index < -0.39 is 0 Å². The first kappa shape index (κ1) is 12.3. The summed E-state index contributed by atoms with van der Waals surface area (Å²) in [5.74, 6) is 5.70. The molecule has 2 unspecified atom stereocenters. The summed E-state index contributed by atoms with van der Waals surface area (Å²) in [6.45, 7) is 1.39. The number of halogens is 1. The quantitative estimate of drug-likeness (QED) is 0.616. The molecule has 94 valence electrons. The molecule has 1 aromatic rings. The van der Waals surface area contributed by atoms with E-state index in [0.717, 1.165) is 18.6 Å². The number of nitrogens with one attached hydrogen (secondary N) is 1. The van der Waals surface area contributed by atoms with Crippen molar-refractivity contribution in [2.45, 2.75) is 12.5 Å². The zero-order chi connectivity index (χ0) is 12.3. The van der Waals surface area contributed by atoms with Gasteiger partial charge in [0.2, 0.25) is 0 Å². The lowest BCUT2D eigenvalue weighted by Gasteiger charge is -2.22. The number of nitrogens with two attached hydrogens (primary N) is 1. The van der Waals surface area contributed by atoms with Gasteiger partial charge in [0.05, 0.1) is 19.8 Å². The molecule has 2 atom stereocenters. The molecule has 0 spiro atoms. The molecule has 0 radical (unpaired) electrons. The first-order valence-corrected chi connectivity index (χ1v) is 5.63. The predicted octanol–water partition coefficient (Wildman–Crippen LogP) is 1.38. The average Bonchev–Trinajstić information content (AvgIpc) is 2.84. The molecule has 1 aliphatic heterocycles. The second-order valence-corrected chi connectivity index (χ2v) is 4.16. The molecule has 0 aromatic heterocycles. The van der Waals surface area contributed by atoms with Crippen LogP contribution < -0.4 is 16.0 Å². The van der Waals surface area contributed by atoms with E-state index in [9.17, 15) is 4.39 Å². The number of ether oxygens (including phenoxy) is 2. The third-order valence-corrected chi connectivity index (χ3v) is 3.15. The molecule has 1 aromatic carbocycles. The molecular formula is C12H17FN2O2. The van der Waals surface area contributed by atoms with E-state index in [0.29, 0.717) is 6.61 Å². The van der Waals surface area contributed by atoms with Crippen LogP contribution in [-0.2, 0) is 4.74 Å². The van der Waals surface area contributed by atoms with Crippen LogP contribution in [-0.4, -0.2) is 20.3 Å². The van der Waals surface area contributed by atoms with Crippen molar-refractivity contribution in [3.8, 4) is 5.75 Å². The van der Waals surface area contributed by atoms with Gasteiger partial charge in [0.15, 0.2) is 11.6 Å². The van der Waals surface area contributed by atoms with Gasteiger partial charge in [0, 0.05) is 12.5 Å². The van der Waals surface area contributed by atoms with Gasteiger partial charge in [-0.15, -0.1) is 0 Å². The molecule has 2 rings (SSSR count). The van der Waals surface area contributed by atoms with Gasteiger partial charge in [-0.25, -0.2) is 4.39 Å². The summed E-state index contributed by atoms with van der Waals surface area (Å²) in [6.07, 6.45) is 0.933. The zero-order valence-corrected chi connectivity index (χ0v) is 9.78. The highest BCUT2D eigenvalue weighted by molar-refractivity contribution is 5.31. The van der Waals surface area contributed by atoms with Crippen molar-refractivity contribution < 1.29 is 13.9 Å². The van der Waals surface area contributed by atoms with E-state index in [2.05, 4.69) is 5.43 Å². The predicted molar refractivity (Wildman–Crippen MR) is 61.9 cm³/mol. The molecule has 5 heteroatoms. The molecule has 1 saturated heterocycles. The smallest absolute Gasteiger partial charge is 0.165 e. The van der Waals surface area contributed by atoms with Crippen LogP contribution in [0.3, 0.4) is 0 Å². The van der Waals surface area contributed by atoms with Crippen LogP contribution in [0.2, 0.25) is 0 Å². The van der Waals surface area contributed by atoms with Gasteiger partial charge in [0.25, 0.3) is 0 Å². The van der Waals surface area contributed by atoms with Gasteiger partial charge in [-0.2, -0.15) is 0 Å². The van der Waals surface area contributed by atoms with Gasteiger partial charge in [-0.3, -0.25) is 11.3 Å². The van der Waals surface area contributed by atoms with E-state index >= 15 is 0 Å². The second kappa shape index (κ2) is 5.44. The van der Waals surface area contributed by atoms with E-state index in [1.807, 2.05) is 6.07 Å². The molecule has 17 heavy (non-hydrogen) atoms. The number of hydrogen-bond donors (Lipinski definition) is 2. The monoisotopic (exact) mass is 240 g/mol. The zero-order valence-electron chi connectivity index (χ0n) is 9.78. The lowest BCUT2D eigenvalue weighted by Crippen LogP contribution is -2.33. The molecule has 1 fully saturated rings. The Morgan fingerprint density at radius 1 is 1.59 bits per heavy atom. The van der Waals surface area contributed by atoms with Crippen LogP contribution in [0.15, 0.2) is 18.2 Å². The van der Waals surface area contributed by atoms with Crippen LogP contribution in [0, 0.1) is 11.7 Å². The first-order valence-electron chi connectivity index (χ1n) is 5.63. The lowest BCUT2D eigenvalue weighted by molar-refractivity contribution is 0.176. The van der Waals surface area contributed by atoms with Gasteiger partial charge in [-0.05, 0) is 24.1 Å². The van der Waals surface area contributed by atoms with Crippen molar-refractivity contribution in [2.75, 3.05) is 20.3 Å². The topological polar surface area (TPSA) is 56.5 Å². The maximum atomic E-state index is 13.6. The Labute approximate surface area is 99.9 Å². The largest absolute Gasteiger partial charge is 0.494 e. The Kier molecular flexibility index (Phi) is 3.93. The van der Waals surface area contributed by atoms with Gasteiger partial charge in [0.1, 0.15) is 0 Å². The third-order valence-electron chi connectivity index (χ3n) is 3.15. The van der Waals surface area contributed by atoms with Crippen LogP contribution in [0.25, 0.3) is 0 Å². The molecule has 3 N–H and O–H groups in total. The van der Waals surface area contributed by atoms with Crippen molar-refractivity contribution in [3.05, 3.63) is 29.6 Å². The summed E-state index contributed by atoms with van der Waals surface area (Å²) in [4.78, 5) is 0. The minimum absolute atomic E-state index is 0.0853. The Bertz CT molecular complexity index is 381. The summed E-state index contributed by atoms with van der Waals surface area (Å²) < 4.78 is 23.8. The van der Waals surface area contributed by atoms with E-state index in [1.54, 1.807) is 6.07 Å². The normalized spacial score (nSPS) is 21.5. The van der Waals surface area contributed by atoms with Crippen molar-refractivity contribution >= 4 is 0 Å². The number of rotatable bonds is 4. The van der Waals surface area contributed by atoms with Crippen LogP contribution >= 0.6 is 0 Å². The molecule has 0 aliphatic carbocycles. The Morgan fingerprint density at radius 2 is 2.41 bits per heavy atom. The summed E-state index contributed by atoms with van der Waals surface area (Å²) in [6, 6.07) is 4.81. The molecule has 0 bridgehead atoms. The highest BCUT2D eigenvalue weighted by Crippen LogP contribution is 2.30. The summed E-state index contributed by atoms with van der Waals surface area (Å²) in [7, 11) is 1.45. The molecule has 4 nitrogen and oxygen atoms in total. The van der Waals surface area contributed by atoms with E-state index in [-0.39, 0.29) is 23.5 Å². The second-order valence-electron chi connectivity index (χ2n) is 4.16. The molecule has 1 heterocycles. The highest BCUT2D eigenvalue weighted by Gasteiger charge is 2.26. The average molecular weight is 240 g/mol. The van der Waals surface area contributed by atoms with Crippen LogP contribution in [0.4, 0.5) is 4.39 Å². The van der Waals surface area contributed by atoms with E-state index in [4.69, 9.17) is 15.3 Å². The maximum Gasteiger partial charge on any atom is 0.165 e. The number of methoxy groups -OCH3 is 1. The SMILES string of the molecule is COc1ccc(C(NN)C2CCOC2)cc1F. The summed E-state index contributed by atoms with van der Waals surface area (Å²) in [5.41, 5.74) is 3.56. The molecule has 1 aliphatic rings. The maximum absolute atomic E-state index is 13.6. The highest BCUT2D eigenvalue weighted by atomic mass is 19.1. The number of hydrazine groups is 1. The van der Waals surface area contributed by atoms with Crippen molar-refractivity contribution in [1.29, 1.82) is 0 Å². The lowest BCUT2D eigenvalue weighted by atomic mass is 9.93. The summed E-state index contributed by atoms with van der Waals surface area (Å²) >= 11 is 0. The molecule has 0 amide bonds. The van der Waals surface area contributed by atoms with Crippen LogP contribution in [0.5, 0.6) is 5.75 Å². The Balaban J connectivity index is 2.21. The van der Waals surface area contributed by atoms with Crippen LogP contribution in [0.1, 0.15) is 18.0 Å².